The maximum absolute atomic E-state index is 11.8. The van der Waals surface area contributed by atoms with Gasteiger partial charge in [-0.05, 0) is 24.1 Å². The minimum absolute atomic E-state index is 0.170. The summed E-state index contributed by atoms with van der Waals surface area (Å²) in [6.07, 6.45) is 0. The van der Waals surface area contributed by atoms with Crippen LogP contribution in [0.25, 0.3) is 11.1 Å². The zero-order chi connectivity index (χ0) is 13.3. The van der Waals surface area contributed by atoms with Crippen molar-refractivity contribution in [2.75, 3.05) is 0 Å². The third-order valence-electron chi connectivity index (χ3n) is 2.71. The minimum atomic E-state index is -3.76. The van der Waals surface area contributed by atoms with E-state index in [0.29, 0.717) is 11.1 Å². The van der Waals surface area contributed by atoms with E-state index in [9.17, 15) is 8.42 Å². The van der Waals surface area contributed by atoms with Crippen LogP contribution in [-0.4, -0.2) is 8.42 Å². The number of rotatable bonds is 2. The number of sulfonamides is 1. The summed E-state index contributed by atoms with van der Waals surface area (Å²) in [7, 11) is -3.76. The Morgan fingerprint density at radius 2 is 1.67 bits per heavy atom. The topological polar surface area (TPSA) is 60.2 Å². The molecule has 94 valence electrons. The van der Waals surface area contributed by atoms with Crippen LogP contribution < -0.4 is 5.14 Å². The number of benzene rings is 2. The van der Waals surface area contributed by atoms with Gasteiger partial charge < -0.3 is 0 Å². The third-order valence-corrected chi connectivity index (χ3v) is 4.66. The van der Waals surface area contributed by atoms with Gasteiger partial charge in [-0.3, -0.25) is 0 Å². The van der Waals surface area contributed by atoms with Crippen LogP contribution in [0.15, 0.2) is 51.8 Å². The molecule has 2 aromatic rings. The summed E-state index contributed by atoms with van der Waals surface area (Å²) in [6.45, 7) is 1.73. The molecule has 2 aromatic carbocycles. The largest absolute Gasteiger partial charge is 0.238 e. The Morgan fingerprint density at radius 1 is 1.06 bits per heavy atom. The van der Waals surface area contributed by atoms with Gasteiger partial charge in [-0.1, -0.05) is 52.3 Å². The Balaban J connectivity index is 2.82. The highest BCUT2D eigenvalue weighted by atomic mass is 79.9. The van der Waals surface area contributed by atoms with Crippen LogP contribution in [0.5, 0.6) is 0 Å². The predicted molar refractivity (Wildman–Crippen MR) is 75.7 cm³/mol. The lowest BCUT2D eigenvalue weighted by Crippen LogP contribution is -2.15. The first-order valence-electron chi connectivity index (χ1n) is 5.28. The van der Waals surface area contributed by atoms with Crippen molar-refractivity contribution in [3.8, 4) is 11.1 Å². The fourth-order valence-corrected chi connectivity index (χ4v) is 3.37. The van der Waals surface area contributed by atoms with Crippen LogP contribution >= 0.6 is 15.9 Å². The van der Waals surface area contributed by atoms with E-state index in [-0.39, 0.29) is 4.90 Å². The van der Waals surface area contributed by atoms with Crippen molar-refractivity contribution in [1.29, 1.82) is 0 Å². The first-order valence-corrected chi connectivity index (χ1v) is 7.62. The smallest absolute Gasteiger partial charge is 0.225 e. The minimum Gasteiger partial charge on any atom is -0.225 e. The van der Waals surface area contributed by atoms with Crippen molar-refractivity contribution in [3.05, 3.63) is 52.5 Å². The summed E-state index contributed by atoms with van der Waals surface area (Å²) in [4.78, 5) is 0.170. The highest BCUT2D eigenvalue weighted by Crippen LogP contribution is 2.33. The van der Waals surface area contributed by atoms with E-state index in [0.717, 1.165) is 10.0 Å². The highest BCUT2D eigenvalue weighted by molar-refractivity contribution is 9.10. The Kier molecular flexibility index (Phi) is 3.56. The molecule has 0 unspecified atom stereocenters. The Morgan fingerprint density at radius 3 is 2.22 bits per heavy atom. The maximum Gasteiger partial charge on any atom is 0.238 e. The summed E-state index contributed by atoms with van der Waals surface area (Å²) in [5.74, 6) is 0. The average molecular weight is 326 g/mol. The SMILES string of the molecule is Cc1c(Br)ccc(-c2ccccc2)c1S(N)(=O)=O. The lowest BCUT2D eigenvalue weighted by atomic mass is 10.0. The molecule has 0 bridgehead atoms. The first-order chi connectivity index (χ1) is 8.41. The Hall–Kier alpha value is -1.17. The number of hydrogen-bond acceptors (Lipinski definition) is 2. The van der Waals surface area contributed by atoms with Gasteiger partial charge in [0.1, 0.15) is 0 Å². The third kappa shape index (κ3) is 2.48. The monoisotopic (exact) mass is 325 g/mol. The predicted octanol–water partition coefficient (Wildman–Crippen LogP) is 3.07. The second-order valence-corrected chi connectivity index (χ2v) is 6.31. The average Bonchev–Trinajstić information content (AvgIpc) is 2.32. The van der Waals surface area contributed by atoms with Crippen molar-refractivity contribution in [2.24, 2.45) is 5.14 Å². The lowest BCUT2D eigenvalue weighted by Gasteiger charge is -2.12. The van der Waals surface area contributed by atoms with E-state index in [1.165, 1.54) is 0 Å². The molecule has 0 aliphatic heterocycles. The van der Waals surface area contributed by atoms with Crippen LogP contribution in [0.1, 0.15) is 5.56 Å². The lowest BCUT2D eigenvalue weighted by molar-refractivity contribution is 0.597. The maximum atomic E-state index is 11.8. The molecule has 0 heterocycles. The van der Waals surface area contributed by atoms with Gasteiger partial charge in [-0.2, -0.15) is 0 Å². The fraction of sp³-hybridized carbons (Fsp3) is 0.0769. The van der Waals surface area contributed by atoms with Crippen LogP contribution in [0, 0.1) is 6.92 Å². The summed E-state index contributed by atoms with van der Waals surface area (Å²) in [5.41, 5.74) is 2.08. The molecule has 0 aliphatic rings. The van der Waals surface area contributed by atoms with E-state index < -0.39 is 10.0 Å². The molecule has 5 heteroatoms. The molecule has 0 amide bonds. The van der Waals surface area contributed by atoms with Gasteiger partial charge >= 0.3 is 0 Å². The molecule has 0 spiro atoms. The van der Waals surface area contributed by atoms with Crippen LogP contribution in [-0.2, 0) is 10.0 Å². The molecule has 0 radical (unpaired) electrons. The molecule has 2 N–H and O–H groups in total. The molecule has 2 rings (SSSR count). The second kappa shape index (κ2) is 4.84. The molecule has 0 saturated carbocycles. The summed E-state index contributed by atoms with van der Waals surface area (Å²) in [5, 5.41) is 5.32. The molecule has 3 nitrogen and oxygen atoms in total. The van der Waals surface area contributed by atoms with Gasteiger partial charge in [0.15, 0.2) is 0 Å². The fourth-order valence-electron chi connectivity index (χ4n) is 1.88. The molecule has 0 atom stereocenters. The van der Waals surface area contributed by atoms with Crippen molar-refractivity contribution in [1.82, 2.24) is 0 Å². The number of halogens is 1. The van der Waals surface area contributed by atoms with Gasteiger partial charge in [0.25, 0.3) is 0 Å². The normalized spacial score (nSPS) is 11.5. The Labute approximate surface area is 115 Å². The molecule has 0 saturated heterocycles. The zero-order valence-corrected chi connectivity index (χ0v) is 12.1. The molecule has 0 fully saturated rings. The van der Waals surface area contributed by atoms with E-state index >= 15 is 0 Å². The number of nitrogens with two attached hydrogens (primary N) is 1. The van der Waals surface area contributed by atoms with Crippen LogP contribution in [0.3, 0.4) is 0 Å². The van der Waals surface area contributed by atoms with Crippen molar-refractivity contribution < 1.29 is 8.42 Å². The quantitative estimate of drug-likeness (QED) is 0.922. The van der Waals surface area contributed by atoms with Gasteiger partial charge in [0, 0.05) is 10.0 Å². The molecule has 0 aromatic heterocycles. The highest BCUT2D eigenvalue weighted by Gasteiger charge is 2.19. The van der Waals surface area contributed by atoms with E-state index in [1.807, 2.05) is 36.4 Å². The van der Waals surface area contributed by atoms with Crippen molar-refractivity contribution in [3.63, 3.8) is 0 Å². The summed E-state index contributed by atoms with van der Waals surface area (Å²) >= 11 is 3.33. The molecular weight excluding hydrogens is 314 g/mol. The van der Waals surface area contributed by atoms with Crippen molar-refractivity contribution >= 4 is 26.0 Å². The van der Waals surface area contributed by atoms with Crippen LogP contribution in [0.2, 0.25) is 0 Å². The summed E-state index contributed by atoms with van der Waals surface area (Å²) in [6, 6.07) is 12.9. The second-order valence-electron chi connectivity index (χ2n) is 3.96. The van der Waals surface area contributed by atoms with E-state index in [1.54, 1.807) is 13.0 Å². The Bertz CT molecular complexity index is 682. The molecule has 0 aliphatic carbocycles. The van der Waals surface area contributed by atoms with Crippen LogP contribution in [0.4, 0.5) is 0 Å². The number of primary sulfonamides is 1. The first kappa shape index (κ1) is 13.3. The molecule has 18 heavy (non-hydrogen) atoms. The zero-order valence-electron chi connectivity index (χ0n) is 9.72. The van der Waals surface area contributed by atoms with E-state index in [2.05, 4.69) is 15.9 Å². The van der Waals surface area contributed by atoms with Gasteiger partial charge in [0.2, 0.25) is 10.0 Å². The molecular formula is C13H12BrNO2S. The van der Waals surface area contributed by atoms with E-state index in [4.69, 9.17) is 5.14 Å². The van der Waals surface area contributed by atoms with Gasteiger partial charge in [-0.15, -0.1) is 0 Å². The standard InChI is InChI=1S/C13H12BrNO2S/c1-9-12(14)8-7-11(13(9)18(15,16)17)10-5-3-2-4-6-10/h2-8H,1H3,(H2,15,16,17). The van der Waals surface area contributed by atoms with Gasteiger partial charge in [0.05, 0.1) is 4.90 Å². The number of hydrogen-bond donors (Lipinski definition) is 1. The summed E-state index contributed by atoms with van der Waals surface area (Å²) < 4.78 is 24.2. The van der Waals surface area contributed by atoms with Crippen molar-refractivity contribution in [2.45, 2.75) is 11.8 Å². The van der Waals surface area contributed by atoms with Gasteiger partial charge in [-0.25, -0.2) is 13.6 Å².